The topological polar surface area (TPSA) is 53.4 Å². The van der Waals surface area contributed by atoms with Gasteiger partial charge in [0.05, 0.1) is 17.6 Å². The molecule has 4 rings (SSSR count). The maximum atomic E-state index is 12.9. The molecule has 1 N–H and O–H groups in total. The molecule has 4 nitrogen and oxygen atoms in total. The lowest BCUT2D eigenvalue weighted by Gasteiger charge is -2.53. The average molecular weight is 485 g/mol. The molecule has 6 heteroatoms. The fourth-order valence-corrected chi connectivity index (χ4v) is 8.42. The number of nitrogens with zero attached hydrogens (tertiary/aromatic N) is 2. The van der Waals surface area contributed by atoms with Crippen molar-refractivity contribution in [2.45, 2.75) is 62.7 Å². The van der Waals surface area contributed by atoms with E-state index in [9.17, 15) is 9.90 Å². The zero-order valence-corrected chi connectivity index (χ0v) is 21.8. The Bertz CT molecular complexity index is 991. The Morgan fingerprint density at radius 1 is 1.42 bits per heavy atom. The normalized spacial score (nSPS) is 29.6. The van der Waals surface area contributed by atoms with Gasteiger partial charge in [-0.25, -0.2) is 4.98 Å². The molecule has 0 saturated heterocycles. The van der Waals surface area contributed by atoms with Crippen molar-refractivity contribution in [1.82, 2.24) is 9.88 Å². The molecule has 1 fully saturated rings. The van der Waals surface area contributed by atoms with Gasteiger partial charge in [0.15, 0.2) is 0 Å². The molecule has 2 aromatic rings. The van der Waals surface area contributed by atoms with E-state index < -0.39 is 6.10 Å². The van der Waals surface area contributed by atoms with Gasteiger partial charge in [-0.3, -0.25) is 4.79 Å². The molecule has 33 heavy (non-hydrogen) atoms. The van der Waals surface area contributed by atoms with Gasteiger partial charge in [-0.2, -0.15) is 0 Å². The Morgan fingerprint density at radius 3 is 2.85 bits per heavy atom. The molecular weight excluding hydrogens is 448 g/mol. The quantitative estimate of drug-likeness (QED) is 0.400. The van der Waals surface area contributed by atoms with Crippen LogP contribution in [0.1, 0.15) is 55.1 Å². The van der Waals surface area contributed by atoms with E-state index in [0.29, 0.717) is 6.54 Å². The van der Waals surface area contributed by atoms with Gasteiger partial charge in [-0.05, 0) is 48.6 Å². The van der Waals surface area contributed by atoms with Gasteiger partial charge >= 0.3 is 0 Å². The van der Waals surface area contributed by atoms with Crippen LogP contribution in [0.15, 0.2) is 47.9 Å². The number of aliphatic hydroxyl groups excluding tert-OH is 1. The highest BCUT2D eigenvalue weighted by Crippen LogP contribution is 2.57. The number of likely N-dealkylation sites (N-methyl/N-ethyl adjacent to an activating group) is 1. The van der Waals surface area contributed by atoms with Crippen LogP contribution in [-0.2, 0) is 17.0 Å². The van der Waals surface area contributed by atoms with Gasteiger partial charge in [0.25, 0.3) is 0 Å². The molecule has 1 heterocycles. The van der Waals surface area contributed by atoms with Crippen molar-refractivity contribution in [2.24, 2.45) is 23.2 Å². The second-order valence-corrected chi connectivity index (χ2v) is 12.4. The standard InChI is InChI=1S/C27H36N2O2S2/c1-6-14-29(5)26(31)17(2)20-12-13-27(4)15-21-24(18(3)23(27)25(20)30)28-22(33-21)16-32-19-10-8-7-9-11-19/h6-11,17-18,20,23,25,30H,1,12-16H2,2-5H3/t17-,18+,20-,23+,25-,27+/m0/s1. The van der Waals surface area contributed by atoms with Crippen molar-refractivity contribution in [3.63, 3.8) is 0 Å². The third-order valence-electron chi connectivity index (χ3n) is 7.88. The van der Waals surface area contributed by atoms with E-state index in [1.807, 2.05) is 43.1 Å². The SMILES string of the molecule is C=CCN(C)C(=O)[C@@H](C)[C@@H]1CC[C@]2(C)Cc3sc(CSc4ccccc4)nc3[C@H](C)[C@@H]2[C@H]1O. The summed E-state index contributed by atoms with van der Waals surface area (Å²) in [5.74, 6) is 1.08. The summed E-state index contributed by atoms with van der Waals surface area (Å²) in [7, 11) is 1.82. The molecule has 2 aliphatic rings. The molecule has 6 atom stereocenters. The van der Waals surface area contributed by atoms with E-state index >= 15 is 0 Å². The van der Waals surface area contributed by atoms with Crippen molar-refractivity contribution in [3.05, 3.63) is 58.6 Å². The molecule has 0 aliphatic heterocycles. The molecule has 0 unspecified atom stereocenters. The zero-order chi connectivity index (χ0) is 23.8. The molecule has 0 bridgehead atoms. The molecule has 178 valence electrons. The number of thiazole rings is 1. The van der Waals surface area contributed by atoms with Gasteiger partial charge in [-0.1, -0.05) is 45.0 Å². The Balaban J connectivity index is 1.52. The lowest BCUT2D eigenvalue weighted by molar-refractivity contribution is -0.143. The number of rotatable bonds is 7. The number of thioether (sulfide) groups is 1. The first kappa shape index (κ1) is 24.5. The van der Waals surface area contributed by atoms with Gasteiger partial charge in [0.1, 0.15) is 5.01 Å². The minimum atomic E-state index is -0.494. The first-order valence-corrected chi connectivity index (χ1v) is 13.8. The Morgan fingerprint density at radius 2 is 2.15 bits per heavy atom. The van der Waals surface area contributed by atoms with Crippen molar-refractivity contribution >= 4 is 29.0 Å². The van der Waals surface area contributed by atoms with Crippen LogP contribution < -0.4 is 0 Å². The highest BCUT2D eigenvalue weighted by atomic mass is 32.2. The Hall–Kier alpha value is -1.63. The van der Waals surface area contributed by atoms with E-state index in [1.165, 1.54) is 20.5 Å². The largest absolute Gasteiger partial charge is 0.392 e. The number of amides is 1. The second-order valence-electron chi connectivity index (χ2n) is 10.2. The number of carbonyl (C=O) groups is 1. The lowest BCUT2D eigenvalue weighted by Crippen LogP contribution is -2.53. The highest BCUT2D eigenvalue weighted by Gasteiger charge is 2.54. The van der Waals surface area contributed by atoms with Crippen molar-refractivity contribution < 1.29 is 9.90 Å². The fraction of sp³-hybridized carbons (Fsp3) is 0.556. The van der Waals surface area contributed by atoms with Crippen LogP contribution in [0.2, 0.25) is 0 Å². The van der Waals surface area contributed by atoms with Crippen molar-refractivity contribution in [1.29, 1.82) is 0 Å². The lowest BCUT2D eigenvalue weighted by atomic mass is 9.53. The summed E-state index contributed by atoms with van der Waals surface area (Å²) in [6.07, 6.45) is 4.16. The summed E-state index contributed by atoms with van der Waals surface area (Å²) in [5.41, 5.74) is 1.22. The van der Waals surface area contributed by atoms with Gasteiger partial charge in [-0.15, -0.1) is 29.7 Å². The summed E-state index contributed by atoms with van der Waals surface area (Å²) >= 11 is 3.68. The first-order chi connectivity index (χ1) is 15.7. The molecule has 0 spiro atoms. The maximum absolute atomic E-state index is 12.9. The van der Waals surface area contributed by atoms with Crippen LogP contribution in [-0.4, -0.2) is 40.6 Å². The monoisotopic (exact) mass is 484 g/mol. The number of carbonyl (C=O) groups excluding carboxylic acids is 1. The Labute approximate surface area is 206 Å². The summed E-state index contributed by atoms with van der Waals surface area (Å²) in [5, 5.41) is 12.8. The molecule has 1 amide bonds. The second kappa shape index (κ2) is 9.93. The minimum Gasteiger partial charge on any atom is -0.392 e. The summed E-state index contributed by atoms with van der Waals surface area (Å²) in [6.45, 7) is 10.8. The smallest absolute Gasteiger partial charge is 0.225 e. The van der Waals surface area contributed by atoms with Crippen molar-refractivity contribution in [3.8, 4) is 0 Å². The number of benzene rings is 1. The van der Waals surface area contributed by atoms with Gasteiger partial charge in [0, 0.05) is 35.2 Å². The van der Waals surface area contributed by atoms with E-state index in [0.717, 1.165) is 25.0 Å². The van der Waals surface area contributed by atoms with Crippen LogP contribution in [0.4, 0.5) is 0 Å². The van der Waals surface area contributed by atoms with E-state index in [2.05, 4.69) is 44.7 Å². The molecule has 1 aromatic heterocycles. The number of aliphatic hydroxyl groups is 1. The molecule has 2 aliphatic carbocycles. The summed E-state index contributed by atoms with van der Waals surface area (Å²) in [4.78, 5) is 22.4. The first-order valence-electron chi connectivity index (χ1n) is 12.0. The summed E-state index contributed by atoms with van der Waals surface area (Å²) < 4.78 is 0. The Kier molecular flexibility index (Phi) is 7.37. The molecule has 1 aromatic carbocycles. The average Bonchev–Trinajstić information content (AvgIpc) is 3.20. The number of hydrogen-bond acceptors (Lipinski definition) is 5. The predicted molar refractivity (Wildman–Crippen MR) is 138 cm³/mol. The fourth-order valence-electron chi connectivity index (χ4n) is 6.13. The van der Waals surface area contributed by atoms with Gasteiger partial charge in [0.2, 0.25) is 5.91 Å². The van der Waals surface area contributed by atoms with Crippen molar-refractivity contribution in [2.75, 3.05) is 13.6 Å². The van der Waals surface area contributed by atoms with Crippen LogP contribution in [0.5, 0.6) is 0 Å². The molecular formula is C27H36N2O2S2. The number of aromatic nitrogens is 1. The van der Waals surface area contributed by atoms with E-state index in [4.69, 9.17) is 4.98 Å². The third kappa shape index (κ3) is 4.80. The zero-order valence-electron chi connectivity index (χ0n) is 20.2. The van der Waals surface area contributed by atoms with Gasteiger partial charge < -0.3 is 10.0 Å². The van der Waals surface area contributed by atoms with Crippen LogP contribution in [0.3, 0.4) is 0 Å². The summed E-state index contributed by atoms with van der Waals surface area (Å²) in [6, 6.07) is 10.5. The molecule has 0 radical (unpaired) electrons. The maximum Gasteiger partial charge on any atom is 0.225 e. The van der Waals surface area contributed by atoms with Crippen LogP contribution >= 0.6 is 23.1 Å². The minimum absolute atomic E-state index is 0.0152. The van der Waals surface area contributed by atoms with E-state index in [-0.39, 0.29) is 35.0 Å². The molecule has 1 saturated carbocycles. The predicted octanol–water partition coefficient (Wildman–Crippen LogP) is 5.77. The highest BCUT2D eigenvalue weighted by molar-refractivity contribution is 7.98. The van der Waals surface area contributed by atoms with E-state index in [1.54, 1.807) is 11.0 Å². The van der Waals surface area contributed by atoms with Crippen LogP contribution in [0.25, 0.3) is 0 Å². The number of fused-ring (bicyclic) bond motifs is 2. The van der Waals surface area contributed by atoms with Crippen LogP contribution in [0, 0.1) is 23.2 Å². The third-order valence-corrected chi connectivity index (χ3v) is 10.2. The number of hydrogen-bond donors (Lipinski definition) is 1.